The molecule has 0 fully saturated rings. The van der Waals surface area contributed by atoms with E-state index < -0.39 is 34.5 Å². The van der Waals surface area contributed by atoms with Crippen LogP contribution in [0.1, 0.15) is 13.3 Å². The first-order chi connectivity index (χ1) is 10.2. The van der Waals surface area contributed by atoms with E-state index in [0.717, 1.165) is 8.78 Å². The molecule has 122 valence electrons. The second-order valence-corrected chi connectivity index (χ2v) is 7.54. The smallest absolute Gasteiger partial charge is 0.326 e. The molecule has 0 heterocycles. The molecular formula is C13H17BrN2O5S. The number of likely N-dealkylation sites (N-methyl/N-ethyl adjacent to an activating group) is 1. The number of hydrogen-bond acceptors (Lipinski definition) is 4. The summed E-state index contributed by atoms with van der Waals surface area (Å²) >= 11 is 3.21. The Morgan fingerprint density at radius 2 is 1.86 bits per heavy atom. The van der Waals surface area contributed by atoms with Gasteiger partial charge in [-0.05, 0) is 30.7 Å². The average molecular weight is 393 g/mol. The number of hydrogen-bond donors (Lipinski definition) is 2. The molecule has 0 saturated heterocycles. The highest BCUT2D eigenvalue weighted by Crippen LogP contribution is 2.17. The topological polar surface area (TPSA) is 104 Å². The number of aliphatic carboxylic acids is 1. The summed E-state index contributed by atoms with van der Waals surface area (Å²) in [6, 6.07) is 4.97. The molecule has 9 heteroatoms. The molecular weight excluding hydrogens is 376 g/mol. The Balaban J connectivity index is 2.79. The fraction of sp³-hybridized carbons (Fsp3) is 0.385. The lowest BCUT2D eigenvalue weighted by Crippen LogP contribution is -2.45. The molecule has 22 heavy (non-hydrogen) atoms. The van der Waals surface area contributed by atoms with Gasteiger partial charge in [0.2, 0.25) is 15.9 Å². The van der Waals surface area contributed by atoms with Gasteiger partial charge in [0.1, 0.15) is 6.04 Å². The van der Waals surface area contributed by atoms with Crippen molar-refractivity contribution in [2.45, 2.75) is 24.3 Å². The van der Waals surface area contributed by atoms with Gasteiger partial charge < -0.3 is 10.4 Å². The Hall–Kier alpha value is -1.45. The number of nitrogens with one attached hydrogen (secondary N) is 1. The largest absolute Gasteiger partial charge is 0.480 e. The highest BCUT2D eigenvalue weighted by molar-refractivity contribution is 9.10. The van der Waals surface area contributed by atoms with Gasteiger partial charge in [0.25, 0.3) is 0 Å². The predicted octanol–water partition coefficient (Wildman–Crippen LogP) is 1.05. The van der Waals surface area contributed by atoms with Crippen LogP contribution < -0.4 is 5.32 Å². The second kappa shape index (κ2) is 7.70. The number of sulfonamides is 1. The first-order valence-electron chi connectivity index (χ1n) is 6.42. The van der Waals surface area contributed by atoms with Gasteiger partial charge in [-0.15, -0.1) is 0 Å². The zero-order valence-corrected chi connectivity index (χ0v) is 14.5. The number of halogens is 1. The van der Waals surface area contributed by atoms with E-state index in [9.17, 15) is 18.0 Å². The summed E-state index contributed by atoms with van der Waals surface area (Å²) < 4.78 is 26.2. The number of amides is 1. The summed E-state index contributed by atoms with van der Waals surface area (Å²) in [5, 5.41) is 11.1. The zero-order valence-electron chi connectivity index (χ0n) is 12.1. The third-order valence-electron chi connectivity index (χ3n) is 2.93. The summed E-state index contributed by atoms with van der Waals surface area (Å²) in [5.41, 5.74) is 0. The number of carboxylic acid groups (broad SMARTS) is 1. The molecule has 1 rings (SSSR count). The van der Waals surface area contributed by atoms with E-state index in [1.807, 2.05) is 0 Å². The molecule has 1 aromatic carbocycles. The Bertz CT molecular complexity index is 645. The van der Waals surface area contributed by atoms with Gasteiger partial charge >= 0.3 is 5.97 Å². The van der Waals surface area contributed by atoms with Crippen LogP contribution in [0.4, 0.5) is 0 Å². The first-order valence-corrected chi connectivity index (χ1v) is 8.65. The molecule has 0 aromatic heterocycles. The van der Waals surface area contributed by atoms with Crippen LogP contribution in [-0.2, 0) is 19.6 Å². The van der Waals surface area contributed by atoms with Crippen LogP contribution in [0.2, 0.25) is 0 Å². The van der Waals surface area contributed by atoms with Crippen LogP contribution >= 0.6 is 15.9 Å². The molecule has 2 N–H and O–H groups in total. The van der Waals surface area contributed by atoms with Crippen LogP contribution in [0.5, 0.6) is 0 Å². The molecule has 0 saturated carbocycles. The van der Waals surface area contributed by atoms with Crippen molar-refractivity contribution in [2.75, 3.05) is 13.6 Å². The minimum Gasteiger partial charge on any atom is -0.480 e. The van der Waals surface area contributed by atoms with E-state index in [1.165, 1.54) is 19.2 Å². The van der Waals surface area contributed by atoms with Crippen molar-refractivity contribution in [1.29, 1.82) is 0 Å². The molecule has 0 spiro atoms. The summed E-state index contributed by atoms with van der Waals surface area (Å²) in [7, 11) is -2.55. The van der Waals surface area contributed by atoms with Crippen molar-refractivity contribution in [3.05, 3.63) is 28.7 Å². The zero-order chi connectivity index (χ0) is 16.9. The van der Waals surface area contributed by atoms with E-state index in [4.69, 9.17) is 5.11 Å². The summed E-state index contributed by atoms with van der Waals surface area (Å²) in [6.45, 7) is 1.16. The number of nitrogens with zero attached hydrogens (tertiary/aromatic N) is 1. The molecule has 1 atom stereocenters. The number of rotatable bonds is 7. The van der Waals surface area contributed by atoms with Crippen molar-refractivity contribution >= 4 is 37.8 Å². The van der Waals surface area contributed by atoms with E-state index in [1.54, 1.807) is 19.1 Å². The molecule has 0 aliphatic carbocycles. The standard InChI is InChI=1S/C13H17BrN2O5S/c1-3-11(13(18)19)15-12(17)8-16(2)22(20,21)10-6-4-9(14)5-7-10/h4-7,11H,3,8H2,1-2H3,(H,15,17)(H,18,19). The Kier molecular flexibility index (Phi) is 6.51. The molecule has 1 amide bonds. The maximum atomic E-state index is 12.3. The number of carbonyl (C=O) groups excluding carboxylic acids is 1. The van der Waals surface area contributed by atoms with E-state index >= 15 is 0 Å². The van der Waals surface area contributed by atoms with Crippen molar-refractivity contribution in [1.82, 2.24) is 9.62 Å². The lowest BCUT2D eigenvalue weighted by Gasteiger charge is -2.18. The Labute approximate surface area is 137 Å². The van der Waals surface area contributed by atoms with Crippen LogP contribution in [-0.4, -0.2) is 49.3 Å². The molecule has 7 nitrogen and oxygen atoms in total. The van der Waals surface area contributed by atoms with E-state index in [2.05, 4.69) is 21.2 Å². The first kappa shape index (κ1) is 18.6. The third kappa shape index (κ3) is 4.79. The van der Waals surface area contributed by atoms with E-state index in [-0.39, 0.29) is 11.3 Å². The van der Waals surface area contributed by atoms with Gasteiger partial charge in [0.15, 0.2) is 0 Å². The number of benzene rings is 1. The Morgan fingerprint density at radius 1 is 1.32 bits per heavy atom. The molecule has 1 aromatic rings. The lowest BCUT2D eigenvalue weighted by atomic mass is 10.2. The highest BCUT2D eigenvalue weighted by Gasteiger charge is 2.25. The quantitative estimate of drug-likeness (QED) is 0.721. The normalized spacial score (nSPS) is 12.9. The minimum atomic E-state index is -3.81. The van der Waals surface area contributed by atoms with Crippen molar-refractivity contribution < 1.29 is 23.1 Å². The summed E-state index contributed by atoms with van der Waals surface area (Å²) in [4.78, 5) is 22.7. The number of carbonyl (C=O) groups is 2. The van der Waals surface area contributed by atoms with Crippen LogP contribution in [0, 0.1) is 0 Å². The maximum absolute atomic E-state index is 12.3. The highest BCUT2D eigenvalue weighted by atomic mass is 79.9. The van der Waals surface area contributed by atoms with Gasteiger partial charge in [-0.3, -0.25) is 4.79 Å². The number of carboxylic acids is 1. The second-order valence-electron chi connectivity index (χ2n) is 4.58. The molecule has 0 radical (unpaired) electrons. The molecule has 0 bridgehead atoms. The summed E-state index contributed by atoms with van der Waals surface area (Å²) in [6.07, 6.45) is 0.213. The lowest BCUT2D eigenvalue weighted by molar-refractivity contribution is -0.141. The van der Waals surface area contributed by atoms with Gasteiger partial charge in [-0.1, -0.05) is 22.9 Å². The fourth-order valence-corrected chi connectivity index (χ4v) is 3.04. The van der Waals surface area contributed by atoms with Crippen LogP contribution in [0.15, 0.2) is 33.6 Å². The van der Waals surface area contributed by atoms with Crippen LogP contribution in [0.25, 0.3) is 0 Å². The van der Waals surface area contributed by atoms with Gasteiger partial charge in [0, 0.05) is 11.5 Å². The maximum Gasteiger partial charge on any atom is 0.326 e. The van der Waals surface area contributed by atoms with Gasteiger partial charge in [-0.25, -0.2) is 13.2 Å². The SMILES string of the molecule is CCC(NC(=O)CN(C)S(=O)(=O)c1ccc(Br)cc1)C(=O)O. The predicted molar refractivity (Wildman–Crippen MR) is 83.8 cm³/mol. The monoisotopic (exact) mass is 392 g/mol. The molecule has 0 aliphatic heterocycles. The van der Waals surface area contributed by atoms with Crippen molar-refractivity contribution in [3.63, 3.8) is 0 Å². The Morgan fingerprint density at radius 3 is 2.32 bits per heavy atom. The van der Waals surface area contributed by atoms with E-state index in [0.29, 0.717) is 0 Å². The molecule has 1 unspecified atom stereocenters. The van der Waals surface area contributed by atoms with Crippen LogP contribution in [0.3, 0.4) is 0 Å². The fourth-order valence-electron chi connectivity index (χ4n) is 1.65. The average Bonchev–Trinajstić information content (AvgIpc) is 2.44. The summed E-state index contributed by atoms with van der Waals surface area (Å²) in [5.74, 6) is -1.83. The van der Waals surface area contributed by atoms with Crippen molar-refractivity contribution in [2.24, 2.45) is 0 Å². The van der Waals surface area contributed by atoms with Gasteiger partial charge in [-0.2, -0.15) is 4.31 Å². The third-order valence-corrected chi connectivity index (χ3v) is 5.28. The minimum absolute atomic E-state index is 0.0521. The van der Waals surface area contributed by atoms with Crippen molar-refractivity contribution in [3.8, 4) is 0 Å². The molecule has 0 aliphatic rings. The van der Waals surface area contributed by atoms with Gasteiger partial charge in [0.05, 0.1) is 11.4 Å².